The van der Waals surface area contributed by atoms with Gasteiger partial charge < -0.3 is 9.47 Å². The molecule has 0 aliphatic heterocycles. The van der Waals surface area contributed by atoms with Crippen LogP contribution in [-0.4, -0.2) is 30.7 Å². The molecule has 0 aliphatic carbocycles. The van der Waals surface area contributed by atoms with Crippen LogP contribution in [0.1, 0.15) is 23.7 Å². The number of nitro benzene ring substituents is 1. The molecule has 1 aromatic carbocycles. The van der Waals surface area contributed by atoms with E-state index in [1.807, 2.05) is 6.92 Å². The predicted molar refractivity (Wildman–Crippen MR) is 72.2 cm³/mol. The van der Waals surface area contributed by atoms with Crippen LogP contribution < -0.4 is 0 Å². The molecule has 0 N–H and O–H groups in total. The van der Waals surface area contributed by atoms with Crippen LogP contribution in [0.4, 0.5) is 5.69 Å². The monoisotopic (exact) mass is 331 g/mol. The van der Waals surface area contributed by atoms with E-state index in [4.69, 9.17) is 9.47 Å². The van der Waals surface area contributed by atoms with Gasteiger partial charge >= 0.3 is 5.97 Å². The molecule has 1 aromatic rings. The molecule has 1 rings (SSSR count). The average Bonchev–Trinajstić information content (AvgIpc) is 2.38. The van der Waals surface area contributed by atoms with Gasteiger partial charge in [-0.1, -0.05) is 6.92 Å². The van der Waals surface area contributed by atoms with E-state index in [0.717, 1.165) is 6.42 Å². The number of hydrogen-bond acceptors (Lipinski definition) is 5. The first kappa shape index (κ1) is 15.6. The van der Waals surface area contributed by atoms with Crippen molar-refractivity contribution in [3.8, 4) is 0 Å². The number of carbonyl (C=O) groups excluding carboxylic acids is 1. The molecule has 0 saturated heterocycles. The second-order valence-electron chi connectivity index (χ2n) is 3.67. The highest BCUT2D eigenvalue weighted by molar-refractivity contribution is 9.10. The van der Waals surface area contributed by atoms with Crippen molar-refractivity contribution < 1.29 is 19.2 Å². The van der Waals surface area contributed by atoms with Crippen LogP contribution in [0.3, 0.4) is 0 Å². The highest BCUT2D eigenvalue weighted by atomic mass is 79.9. The minimum absolute atomic E-state index is 0.119. The van der Waals surface area contributed by atoms with E-state index in [1.54, 1.807) is 0 Å². The maximum Gasteiger partial charge on any atom is 0.339 e. The average molecular weight is 332 g/mol. The second kappa shape index (κ2) is 7.85. The summed E-state index contributed by atoms with van der Waals surface area (Å²) >= 11 is 3.16. The van der Waals surface area contributed by atoms with Gasteiger partial charge in [-0.3, -0.25) is 10.1 Å². The Morgan fingerprint density at radius 1 is 1.37 bits per heavy atom. The molecule has 0 aliphatic rings. The quantitative estimate of drug-likeness (QED) is 0.332. The molecular weight excluding hydrogens is 318 g/mol. The third-order valence-electron chi connectivity index (χ3n) is 2.19. The summed E-state index contributed by atoms with van der Waals surface area (Å²) in [6, 6.07) is 3.94. The number of esters is 1. The summed E-state index contributed by atoms with van der Waals surface area (Å²) < 4.78 is 10.6. The van der Waals surface area contributed by atoms with Crippen molar-refractivity contribution in [2.45, 2.75) is 13.3 Å². The van der Waals surface area contributed by atoms with Crippen molar-refractivity contribution in [3.05, 3.63) is 38.3 Å². The second-order valence-corrected chi connectivity index (χ2v) is 4.52. The molecule has 19 heavy (non-hydrogen) atoms. The number of carbonyl (C=O) groups is 1. The minimum Gasteiger partial charge on any atom is -0.460 e. The molecule has 6 nitrogen and oxygen atoms in total. The topological polar surface area (TPSA) is 78.7 Å². The maximum absolute atomic E-state index is 11.7. The fraction of sp³-hybridized carbons (Fsp3) is 0.417. The Bertz CT molecular complexity index is 463. The van der Waals surface area contributed by atoms with Gasteiger partial charge in [-0.15, -0.1) is 0 Å². The molecule has 0 unspecified atom stereocenters. The molecule has 104 valence electrons. The molecule has 0 atom stereocenters. The minimum atomic E-state index is -0.615. The van der Waals surface area contributed by atoms with Crippen LogP contribution in [-0.2, 0) is 9.47 Å². The molecule has 0 aromatic heterocycles. The standard InChI is InChI=1S/C12H14BrNO5/c1-2-5-18-6-7-19-12(15)10-8-9(14(16)17)3-4-11(10)13/h3-4,8H,2,5-7H2,1H3. The maximum atomic E-state index is 11.7. The van der Waals surface area contributed by atoms with Gasteiger partial charge in [0.1, 0.15) is 6.61 Å². The van der Waals surface area contributed by atoms with E-state index < -0.39 is 10.9 Å². The number of halogens is 1. The first-order valence-electron chi connectivity index (χ1n) is 5.75. The Labute approximate surface area is 119 Å². The van der Waals surface area contributed by atoms with Gasteiger partial charge in [0.05, 0.1) is 17.1 Å². The zero-order valence-electron chi connectivity index (χ0n) is 10.4. The van der Waals surface area contributed by atoms with Crippen LogP contribution in [0, 0.1) is 10.1 Å². The van der Waals surface area contributed by atoms with Gasteiger partial charge in [0.2, 0.25) is 0 Å². The molecule has 0 spiro atoms. The molecule has 7 heteroatoms. The summed E-state index contributed by atoms with van der Waals surface area (Å²) in [7, 11) is 0. The summed E-state index contributed by atoms with van der Waals surface area (Å²) in [5, 5.41) is 10.6. The van der Waals surface area contributed by atoms with Gasteiger partial charge in [-0.2, -0.15) is 0 Å². The van der Waals surface area contributed by atoms with Crippen LogP contribution in [0.25, 0.3) is 0 Å². The van der Waals surface area contributed by atoms with Crippen LogP contribution in [0.2, 0.25) is 0 Å². The Balaban J connectivity index is 2.61. The number of nitrogens with zero attached hydrogens (tertiary/aromatic N) is 1. The smallest absolute Gasteiger partial charge is 0.339 e. The van der Waals surface area contributed by atoms with Crippen molar-refractivity contribution in [1.29, 1.82) is 0 Å². The fourth-order valence-electron chi connectivity index (χ4n) is 1.30. The third kappa shape index (κ3) is 4.96. The van der Waals surface area contributed by atoms with E-state index in [2.05, 4.69) is 15.9 Å². The Morgan fingerprint density at radius 2 is 2.11 bits per heavy atom. The lowest BCUT2D eigenvalue weighted by atomic mass is 10.2. The van der Waals surface area contributed by atoms with Gasteiger partial charge in [-0.25, -0.2) is 4.79 Å². The van der Waals surface area contributed by atoms with Gasteiger partial charge in [0, 0.05) is 23.2 Å². The van der Waals surface area contributed by atoms with E-state index >= 15 is 0 Å². The van der Waals surface area contributed by atoms with Crippen molar-refractivity contribution in [3.63, 3.8) is 0 Å². The zero-order valence-corrected chi connectivity index (χ0v) is 12.0. The molecule has 0 radical (unpaired) electrons. The molecular formula is C12H14BrNO5. The lowest BCUT2D eigenvalue weighted by Crippen LogP contribution is -2.12. The van der Waals surface area contributed by atoms with Gasteiger partial charge in [-0.05, 0) is 28.4 Å². The number of non-ortho nitro benzene ring substituents is 1. The highest BCUT2D eigenvalue weighted by Gasteiger charge is 2.16. The predicted octanol–water partition coefficient (Wildman–Crippen LogP) is 2.94. The normalized spacial score (nSPS) is 10.2. The Kier molecular flexibility index (Phi) is 6.44. The van der Waals surface area contributed by atoms with Gasteiger partial charge in [0.25, 0.3) is 5.69 Å². The Hall–Kier alpha value is -1.47. The number of ether oxygens (including phenoxy) is 2. The van der Waals surface area contributed by atoms with Crippen LogP contribution >= 0.6 is 15.9 Å². The summed E-state index contributed by atoms with van der Waals surface area (Å²) in [5.41, 5.74) is -0.0259. The summed E-state index contributed by atoms with van der Waals surface area (Å²) in [6.07, 6.45) is 0.893. The summed E-state index contributed by atoms with van der Waals surface area (Å²) in [4.78, 5) is 21.8. The fourth-order valence-corrected chi connectivity index (χ4v) is 1.71. The zero-order chi connectivity index (χ0) is 14.3. The number of rotatable bonds is 7. The lowest BCUT2D eigenvalue weighted by molar-refractivity contribution is -0.384. The summed E-state index contributed by atoms with van der Waals surface area (Å²) in [5.74, 6) is -0.615. The molecule has 0 bridgehead atoms. The van der Waals surface area contributed by atoms with Crippen LogP contribution in [0.5, 0.6) is 0 Å². The van der Waals surface area contributed by atoms with E-state index in [9.17, 15) is 14.9 Å². The molecule has 0 heterocycles. The van der Waals surface area contributed by atoms with Crippen molar-refractivity contribution in [1.82, 2.24) is 0 Å². The number of benzene rings is 1. The third-order valence-corrected chi connectivity index (χ3v) is 2.88. The molecule has 0 saturated carbocycles. The number of nitro groups is 1. The van der Waals surface area contributed by atoms with E-state index in [-0.39, 0.29) is 17.9 Å². The highest BCUT2D eigenvalue weighted by Crippen LogP contribution is 2.23. The first-order valence-corrected chi connectivity index (χ1v) is 6.54. The Morgan fingerprint density at radius 3 is 2.74 bits per heavy atom. The van der Waals surface area contributed by atoms with Crippen molar-refractivity contribution in [2.24, 2.45) is 0 Å². The number of hydrogen-bond donors (Lipinski definition) is 0. The lowest BCUT2D eigenvalue weighted by Gasteiger charge is -2.06. The largest absolute Gasteiger partial charge is 0.460 e. The molecule has 0 amide bonds. The SMILES string of the molecule is CCCOCCOC(=O)c1cc([N+](=O)[O-])ccc1Br. The van der Waals surface area contributed by atoms with Crippen LogP contribution in [0.15, 0.2) is 22.7 Å². The van der Waals surface area contributed by atoms with E-state index in [0.29, 0.717) is 17.7 Å². The first-order chi connectivity index (χ1) is 9.06. The van der Waals surface area contributed by atoms with Crippen molar-refractivity contribution in [2.75, 3.05) is 19.8 Å². The van der Waals surface area contributed by atoms with E-state index in [1.165, 1.54) is 18.2 Å². The summed E-state index contributed by atoms with van der Waals surface area (Å²) in [6.45, 7) is 3.02. The molecule has 0 fully saturated rings. The van der Waals surface area contributed by atoms with Crippen molar-refractivity contribution >= 4 is 27.6 Å². The van der Waals surface area contributed by atoms with Gasteiger partial charge in [0.15, 0.2) is 0 Å².